The zero-order chi connectivity index (χ0) is 24.8. The summed E-state index contributed by atoms with van der Waals surface area (Å²) in [5.74, 6) is -3.97. The number of hydrogen-bond acceptors (Lipinski definition) is 3. The van der Waals surface area contributed by atoms with Crippen LogP contribution in [0, 0.1) is 17.6 Å². The summed E-state index contributed by atoms with van der Waals surface area (Å²) >= 11 is 22.3. The van der Waals surface area contributed by atoms with E-state index in [0.29, 0.717) is 5.69 Å². The third kappa shape index (κ3) is 4.80. The first-order valence-electron chi connectivity index (χ1n) is 10.00. The molecule has 4 nitrogen and oxygen atoms in total. The Kier molecular flexibility index (Phi) is 6.93. The second-order valence-electron chi connectivity index (χ2n) is 7.90. The molecule has 0 aliphatic heterocycles. The number of Topliss-reactive ketones (excluding diaryl/α,β-unsaturated/α-hetero) is 1. The van der Waals surface area contributed by atoms with Gasteiger partial charge in [0, 0.05) is 28.1 Å². The fourth-order valence-electron chi connectivity index (χ4n) is 3.79. The van der Waals surface area contributed by atoms with Crippen molar-refractivity contribution in [2.45, 2.75) is 16.7 Å². The molecule has 0 radical (unpaired) electrons. The van der Waals surface area contributed by atoms with Gasteiger partial charge in [-0.15, -0.1) is 23.2 Å². The van der Waals surface area contributed by atoms with Gasteiger partial charge in [0.25, 0.3) is 0 Å². The largest absolute Gasteiger partial charge is 0.394 e. The zero-order valence-corrected chi connectivity index (χ0v) is 21.1. The number of carbonyl (C=O) groups excluding carboxylic acids is 2. The average Bonchev–Trinajstić information content (AvgIpc) is 3.37. The van der Waals surface area contributed by atoms with Crippen molar-refractivity contribution in [2.75, 3.05) is 11.1 Å². The Labute approximate surface area is 217 Å². The third-order valence-corrected chi connectivity index (χ3v) is 7.46. The van der Waals surface area contributed by atoms with Crippen LogP contribution in [0.5, 0.6) is 0 Å². The number of benzene rings is 3. The van der Waals surface area contributed by atoms with Crippen LogP contribution < -0.4 is 11.1 Å². The zero-order valence-electron chi connectivity index (χ0n) is 17.2. The van der Waals surface area contributed by atoms with Crippen molar-refractivity contribution in [2.24, 2.45) is 5.92 Å². The highest BCUT2D eigenvalue weighted by Gasteiger charge is 2.67. The summed E-state index contributed by atoms with van der Waals surface area (Å²) in [6.45, 7) is 0. The minimum Gasteiger partial charge on any atom is -0.394 e. The Morgan fingerprint density at radius 2 is 1.74 bits per heavy atom. The molecule has 2 unspecified atom stereocenters. The Hall–Kier alpha value is -2.19. The topological polar surface area (TPSA) is 72.2 Å². The number of carbonyl (C=O) groups is 2. The first-order valence-corrected chi connectivity index (χ1v) is 11.9. The molecule has 34 heavy (non-hydrogen) atoms. The summed E-state index contributed by atoms with van der Waals surface area (Å²) in [4.78, 5) is 25.7. The van der Waals surface area contributed by atoms with E-state index >= 15 is 0 Å². The summed E-state index contributed by atoms with van der Waals surface area (Å²) in [5, 5.41) is 2.83. The number of nitrogens with one attached hydrogen (secondary N) is 1. The normalized spacial score (nSPS) is 18.4. The van der Waals surface area contributed by atoms with E-state index in [4.69, 9.17) is 40.5 Å². The summed E-state index contributed by atoms with van der Waals surface area (Å²) in [7, 11) is 0. The number of nitrogen functional groups attached to an aromatic ring is 1. The Morgan fingerprint density at radius 1 is 1.06 bits per heavy atom. The molecular weight excluding hydrogens is 573 g/mol. The van der Waals surface area contributed by atoms with Gasteiger partial charge in [-0.3, -0.25) is 9.59 Å². The number of rotatable bonds is 6. The molecule has 3 aromatic carbocycles. The predicted octanol–water partition coefficient (Wildman–Crippen LogP) is 6.91. The number of nitrogens with two attached hydrogens (primary N) is 1. The third-order valence-electron chi connectivity index (χ3n) is 5.66. The molecule has 4 rings (SSSR count). The monoisotopic (exact) mass is 586 g/mol. The molecule has 176 valence electrons. The van der Waals surface area contributed by atoms with E-state index < -0.39 is 51.6 Å². The number of anilines is 2. The lowest BCUT2D eigenvalue weighted by Crippen LogP contribution is -2.17. The van der Waals surface area contributed by atoms with E-state index in [9.17, 15) is 18.4 Å². The number of hydrogen-bond donors (Lipinski definition) is 2. The summed E-state index contributed by atoms with van der Waals surface area (Å²) < 4.78 is 27.2. The van der Waals surface area contributed by atoms with Gasteiger partial charge in [0.05, 0.1) is 10.9 Å². The van der Waals surface area contributed by atoms with Gasteiger partial charge in [-0.1, -0.05) is 45.7 Å². The van der Waals surface area contributed by atoms with Crippen LogP contribution in [0.15, 0.2) is 59.1 Å². The quantitative estimate of drug-likeness (QED) is 0.187. The fourth-order valence-corrected chi connectivity index (χ4v) is 5.11. The lowest BCUT2D eigenvalue weighted by molar-refractivity contribution is -0.117. The van der Waals surface area contributed by atoms with Gasteiger partial charge >= 0.3 is 0 Å². The van der Waals surface area contributed by atoms with Crippen LogP contribution in [0.1, 0.15) is 27.4 Å². The van der Waals surface area contributed by atoms with Crippen molar-refractivity contribution >= 4 is 73.8 Å². The van der Waals surface area contributed by atoms with Crippen molar-refractivity contribution in [3.05, 3.63) is 92.4 Å². The Balaban J connectivity index is 1.51. The number of halogens is 6. The van der Waals surface area contributed by atoms with E-state index in [1.165, 1.54) is 18.2 Å². The van der Waals surface area contributed by atoms with Gasteiger partial charge in [-0.05, 0) is 47.5 Å². The molecule has 2 atom stereocenters. The maximum absolute atomic E-state index is 14.2. The summed E-state index contributed by atoms with van der Waals surface area (Å²) in [6, 6.07) is 13.8. The maximum Gasteiger partial charge on any atom is 0.231 e. The van der Waals surface area contributed by atoms with Crippen molar-refractivity contribution in [1.82, 2.24) is 0 Å². The lowest BCUT2D eigenvalue weighted by atomic mass is 10.0. The molecule has 1 fully saturated rings. The summed E-state index contributed by atoms with van der Waals surface area (Å²) in [6.07, 6.45) is -0.395. The standard InChI is InChI=1S/C24H16BrCl3F2N2O2/c25-13-4-1-11(2-5-13)19-20(24(19,27)28)23(34)32-14-6-7-16(26)15(10-14)18(33)9-12-3-8-17(29)22(31)21(12)30/h1-8,10,19-20H,9,31H2,(H,32,34). The molecule has 0 bridgehead atoms. The Bertz CT molecular complexity index is 1300. The van der Waals surface area contributed by atoms with Crippen LogP contribution in [-0.2, 0) is 11.2 Å². The molecule has 3 N–H and O–H groups in total. The summed E-state index contributed by atoms with van der Waals surface area (Å²) in [5.41, 5.74) is 5.81. The van der Waals surface area contributed by atoms with Gasteiger partial charge in [0.2, 0.25) is 5.91 Å². The highest BCUT2D eigenvalue weighted by Crippen LogP contribution is 2.65. The molecule has 1 amide bonds. The predicted molar refractivity (Wildman–Crippen MR) is 134 cm³/mol. The van der Waals surface area contributed by atoms with Gasteiger partial charge < -0.3 is 11.1 Å². The number of alkyl halides is 2. The van der Waals surface area contributed by atoms with Crippen LogP contribution in [0.4, 0.5) is 20.2 Å². The van der Waals surface area contributed by atoms with E-state index in [-0.39, 0.29) is 16.1 Å². The molecule has 10 heteroatoms. The smallest absolute Gasteiger partial charge is 0.231 e. The molecule has 0 saturated heterocycles. The van der Waals surface area contributed by atoms with E-state index in [2.05, 4.69) is 21.2 Å². The van der Waals surface area contributed by atoms with Gasteiger partial charge in [0.15, 0.2) is 11.6 Å². The van der Waals surface area contributed by atoms with Crippen molar-refractivity contribution in [3.63, 3.8) is 0 Å². The first kappa shape index (κ1) is 24.9. The second kappa shape index (κ2) is 9.46. The molecule has 0 aromatic heterocycles. The SMILES string of the molecule is Nc1c(F)ccc(CC(=O)c2cc(NC(=O)C3C(c4ccc(Br)cc4)C3(Cl)Cl)ccc2Cl)c1F. The maximum atomic E-state index is 14.2. The molecule has 3 aromatic rings. The Morgan fingerprint density at radius 3 is 2.41 bits per heavy atom. The van der Waals surface area contributed by atoms with Crippen LogP contribution in [0.3, 0.4) is 0 Å². The van der Waals surface area contributed by atoms with Crippen molar-refractivity contribution in [1.29, 1.82) is 0 Å². The minimum absolute atomic E-state index is 0.0602. The van der Waals surface area contributed by atoms with E-state index in [0.717, 1.165) is 22.2 Å². The molecule has 1 aliphatic carbocycles. The van der Waals surface area contributed by atoms with Crippen LogP contribution in [0.2, 0.25) is 5.02 Å². The fraction of sp³-hybridized carbons (Fsp3) is 0.167. The van der Waals surface area contributed by atoms with Crippen molar-refractivity contribution in [3.8, 4) is 0 Å². The molecule has 0 spiro atoms. The molecular formula is C24H16BrCl3F2N2O2. The lowest BCUT2D eigenvalue weighted by Gasteiger charge is -2.10. The van der Waals surface area contributed by atoms with E-state index in [1.54, 1.807) is 0 Å². The van der Waals surface area contributed by atoms with Crippen LogP contribution in [0.25, 0.3) is 0 Å². The minimum atomic E-state index is -1.27. The molecule has 1 saturated carbocycles. The highest BCUT2D eigenvalue weighted by atomic mass is 79.9. The highest BCUT2D eigenvalue weighted by molar-refractivity contribution is 9.10. The van der Waals surface area contributed by atoms with Gasteiger partial charge in [-0.25, -0.2) is 8.78 Å². The second-order valence-corrected chi connectivity index (χ2v) is 10.7. The first-order chi connectivity index (χ1) is 16.0. The molecule has 0 heterocycles. The van der Waals surface area contributed by atoms with Crippen LogP contribution >= 0.6 is 50.7 Å². The number of amides is 1. The van der Waals surface area contributed by atoms with Crippen LogP contribution in [-0.4, -0.2) is 16.0 Å². The average molecular weight is 589 g/mol. The van der Waals surface area contributed by atoms with Gasteiger partial charge in [0.1, 0.15) is 15.8 Å². The van der Waals surface area contributed by atoms with Crippen molar-refractivity contribution < 1.29 is 18.4 Å². The van der Waals surface area contributed by atoms with Gasteiger partial charge in [-0.2, -0.15) is 0 Å². The van der Waals surface area contributed by atoms with E-state index in [1.807, 2.05) is 24.3 Å². The number of ketones is 1. The molecule has 1 aliphatic rings.